The standard InChI is InChI=1S/C23H26N4O3/c1-28-19-14-21(30-3)20(29-2)13-17(19)15-24-18-10-8-16(9-11-18)23-26-25-22-7-5-4-6-12-27(22)23/h8-11,13-15H,4-7,12H2,1-3H3. The number of hydrogen-bond acceptors (Lipinski definition) is 6. The van der Waals surface area contributed by atoms with Gasteiger partial charge in [-0.1, -0.05) is 6.42 Å². The third kappa shape index (κ3) is 4.01. The average Bonchev–Trinajstić information content (AvgIpc) is 3.05. The SMILES string of the molecule is COc1cc(OC)c(OC)cc1C=Nc1ccc(-c2nnc3n2CCCCC3)cc1. The maximum Gasteiger partial charge on any atom is 0.164 e. The summed E-state index contributed by atoms with van der Waals surface area (Å²) in [7, 11) is 4.82. The number of rotatable bonds is 6. The van der Waals surface area contributed by atoms with Crippen molar-refractivity contribution in [3.05, 3.63) is 47.8 Å². The minimum absolute atomic E-state index is 0.614. The van der Waals surface area contributed by atoms with Gasteiger partial charge in [0.25, 0.3) is 0 Å². The molecule has 0 aliphatic carbocycles. The second-order valence-electron chi connectivity index (χ2n) is 7.16. The molecule has 0 bridgehead atoms. The zero-order valence-electron chi connectivity index (χ0n) is 17.6. The summed E-state index contributed by atoms with van der Waals surface area (Å²) in [5, 5.41) is 8.81. The number of benzene rings is 2. The highest BCUT2D eigenvalue weighted by Gasteiger charge is 2.16. The van der Waals surface area contributed by atoms with Crippen molar-refractivity contribution in [1.82, 2.24) is 14.8 Å². The zero-order chi connectivity index (χ0) is 20.9. The van der Waals surface area contributed by atoms with Crippen LogP contribution in [-0.2, 0) is 13.0 Å². The van der Waals surface area contributed by atoms with Gasteiger partial charge in [-0.15, -0.1) is 10.2 Å². The molecule has 7 heteroatoms. The Balaban J connectivity index is 1.57. The van der Waals surface area contributed by atoms with Crippen LogP contribution in [0.25, 0.3) is 11.4 Å². The second kappa shape index (κ2) is 8.98. The molecule has 1 aliphatic heterocycles. The molecule has 4 rings (SSSR count). The van der Waals surface area contributed by atoms with Crippen LogP contribution in [0.2, 0.25) is 0 Å². The number of aryl methyl sites for hydroxylation is 1. The Bertz CT molecular complexity index is 1040. The monoisotopic (exact) mass is 406 g/mol. The molecule has 0 amide bonds. The number of aromatic nitrogens is 3. The summed E-state index contributed by atoms with van der Waals surface area (Å²) in [6.07, 6.45) is 6.37. The van der Waals surface area contributed by atoms with Crippen LogP contribution < -0.4 is 14.2 Å². The molecule has 30 heavy (non-hydrogen) atoms. The molecule has 0 fully saturated rings. The van der Waals surface area contributed by atoms with E-state index in [2.05, 4.69) is 19.8 Å². The van der Waals surface area contributed by atoms with Gasteiger partial charge in [-0.2, -0.15) is 0 Å². The minimum atomic E-state index is 0.614. The predicted octanol–water partition coefficient (Wildman–Crippen LogP) is 4.45. The van der Waals surface area contributed by atoms with E-state index < -0.39 is 0 Å². The van der Waals surface area contributed by atoms with Crippen molar-refractivity contribution in [3.63, 3.8) is 0 Å². The highest BCUT2D eigenvalue weighted by Crippen LogP contribution is 2.34. The topological polar surface area (TPSA) is 70.8 Å². The first-order valence-electron chi connectivity index (χ1n) is 10.1. The van der Waals surface area contributed by atoms with E-state index in [9.17, 15) is 0 Å². The van der Waals surface area contributed by atoms with E-state index in [-0.39, 0.29) is 0 Å². The molecule has 0 saturated carbocycles. The van der Waals surface area contributed by atoms with Gasteiger partial charge in [0.1, 0.15) is 11.6 Å². The van der Waals surface area contributed by atoms with E-state index >= 15 is 0 Å². The fraction of sp³-hybridized carbons (Fsp3) is 0.348. The van der Waals surface area contributed by atoms with Gasteiger partial charge in [-0.25, -0.2) is 0 Å². The fourth-order valence-electron chi connectivity index (χ4n) is 3.69. The molecule has 0 spiro atoms. The molecule has 2 heterocycles. The Hall–Kier alpha value is -3.35. The fourth-order valence-corrected chi connectivity index (χ4v) is 3.69. The minimum Gasteiger partial charge on any atom is -0.496 e. The van der Waals surface area contributed by atoms with E-state index in [1.54, 1.807) is 33.6 Å². The van der Waals surface area contributed by atoms with Crippen molar-refractivity contribution in [1.29, 1.82) is 0 Å². The third-order valence-corrected chi connectivity index (χ3v) is 5.32. The Labute approximate surface area is 176 Å². The summed E-state index contributed by atoms with van der Waals surface area (Å²) in [6, 6.07) is 11.7. The molecule has 0 atom stereocenters. The Morgan fingerprint density at radius 3 is 2.33 bits per heavy atom. The molecule has 7 nitrogen and oxygen atoms in total. The summed E-state index contributed by atoms with van der Waals surface area (Å²) in [4.78, 5) is 4.60. The maximum atomic E-state index is 5.46. The second-order valence-corrected chi connectivity index (χ2v) is 7.16. The van der Waals surface area contributed by atoms with E-state index in [0.29, 0.717) is 17.2 Å². The number of aliphatic imine (C=N–C) groups is 1. The van der Waals surface area contributed by atoms with Gasteiger partial charge >= 0.3 is 0 Å². The first kappa shape index (κ1) is 19.9. The van der Waals surface area contributed by atoms with Crippen LogP contribution in [-0.4, -0.2) is 42.3 Å². The molecule has 156 valence electrons. The number of hydrogen-bond donors (Lipinski definition) is 0. The Kier molecular flexibility index (Phi) is 5.97. The summed E-state index contributed by atoms with van der Waals surface area (Å²) >= 11 is 0. The lowest BCUT2D eigenvalue weighted by Gasteiger charge is -2.11. The van der Waals surface area contributed by atoms with Crippen LogP contribution in [0.15, 0.2) is 41.4 Å². The van der Waals surface area contributed by atoms with Crippen LogP contribution in [0.5, 0.6) is 17.2 Å². The predicted molar refractivity (Wildman–Crippen MR) is 116 cm³/mol. The van der Waals surface area contributed by atoms with Crippen molar-refractivity contribution in [2.75, 3.05) is 21.3 Å². The van der Waals surface area contributed by atoms with Crippen molar-refractivity contribution < 1.29 is 14.2 Å². The van der Waals surface area contributed by atoms with Crippen LogP contribution in [0.3, 0.4) is 0 Å². The highest BCUT2D eigenvalue weighted by atomic mass is 16.5. The molecule has 0 saturated heterocycles. The van der Waals surface area contributed by atoms with Gasteiger partial charge in [0.15, 0.2) is 17.3 Å². The molecule has 0 unspecified atom stereocenters. The van der Waals surface area contributed by atoms with Gasteiger partial charge in [0.05, 0.1) is 27.0 Å². The van der Waals surface area contributed by atoms with Gasteiger partial charge in [0, 0.05) is 36.4 Å². The molecule has 1 aliphatic rings. The molecule has 0 radical (unpaired) electrons. The smallest absolute Gasteiger partial charge is 0.164 e. The molecule has 2 aromatic carbocycles. The zero-order valence-corrected chi connectivity index (χ0v) is 17.6. The van der Waals surface area contributed by atoms with E-state index in [1.165, 1.54) is 19.3 Å². The van der Waals surface area contributed by atoms with E-state index in [1.807, 2.05) is 30.3 Å². The van der Waals surface area contributed by atoms with E-state index in [0.717, 1.165) is 41.4 Å². The molecule has 0 N–H and O–H groups in total. The lowest BCUT2D eigenvalue weighted by atomic mass is 10.1. The normalized spacial score (nSPS) is 13.7. The van der Waals surface area contributed by atoms with Crippen LogP contribution in [0.1, 0.15) is 30.7 Å². The summed E-state index contributed by atoms with van der Waals surface area (Å²) < 4.78 is 18.4. The summed E-state index contributed by atoms with van der Waals surface area (Å²) in [5.41, 5.74) is 2.70. The maximum absolute atomic E-state index is 5.46. The van der Waals surface area contributed by atoms with Crippen LogP contribution >= 0.6 is 0 Å². The van der Waals surface area contributed by atoms with Gasteiger partial charge < -0.3 is 18.8 Å². The van der Waals surface area contributed by atoms with Crippen molar-refractivity contribution in [2.24, 2.45) is 4.99 Å². The Morgan fingerprint density at radius 1 is 0.867 bits per heavy atom. The Morgan fingerprint density at radius 2 is 1.60 bits per heavy atom. The third-order valence-electron chi connectivity index (χ3n) is 5.32. The van der Waals surface area contributed by atoms with Gasteiger partial charge in [-0.3, -0.25) is 4.99 Å². The number of nitrogens with zero attached hydrogens (tertiary/aromatic N) is 4. The molecule has 3 aromatic rings. The molecule has 1 aromatic heterocycles. The molecular formula is C23H26N4O3. The summed E-state index contributed by atoms with van der Waals surface area (Å²) in [5.74, 6) is 3.93. The lowest BCUT2D eigenvalue weighted by molar-refractivity contribution is 0.349. The first-order chi connectivity index (χ1) is 14.7. The number of methoxy groups -OCH3 is 3. The molecular weight excluding hydrogens is 380 g/mol. The quantitative estimate of drug-likeness (QED) is 0.566. The van der Waals surface area contributed by atoms with Gasteiger partial charge in [-0.05, 0) is 43.2 Å². The van der Waals surface area contributed by atoms with Crippen LogP contribution in [0, 0.1) is 0 Å². The van der Waals surface area contributed by atoms with Crippen LogP contribution in [0.4, 0.5) is 5.69 Å². The average molecular weight is 406 g/mol. The van der Waals surface area contributed by atoms with Gasteiger partial charge in [0.2, 0.25) is 0 Å². The van der Waals surface area contributed by atoms with E-state index in [4.69, 9.17) is 14.2 Å². The first-order valence-corrected chi connectivity index (χ1v) is 10.1. The lowest BCUT2D eigenvalue weighted by Crippen LogP contribution is -2.02. The highest BCUT2D eigenvalue weighted by molar-refractivity contribution is 5.87. The van der Waals surface area contributed by atoms with Crippen molar-refractivity contribution >= 4 is 11.9 Å². The number of fused-ring (bicyclic) bond motifs is 1. The number of ether oxygens (including phenoxy) is 3. The van der Waals surface area contributed by atoms with Crippen molar-refractivity contribution in [3.8, 4) is 28.6 Å². The van der Waals surface area contributed by atoms with Crippen molar-refractivity contribution in [2.45, 2.75) is 32.2 Å². The summed E-state index contributed by atoms with van der Waals surface area (Å²) in [6.45, 7) is 0.983. The largest absolute Gasteiger partial charge is 0.496 e.